The maximum absolute atomic E-state index is 2.17. The number of hydrogen-bond acceptors (Lipinski definition) is 0. The van der Waals surface area contributed by atoms with E-state index in [0.717, 1.165) is 0 Å². The van der Waals surface area contributed by atoms with E-state index in [0.29, 0.717) is 0 Å². The largest absolute Gasteiger partial charge is 1.00 e. The van der Waals surface area contributed by atoms with Gasteiger partial charge in [-0.2, -0.15) is 17.7 Å². The Kier molecular flexibility index (Phi) is 3.05. The van der Waals surface area contributed by atoms with Crippen LogP contribution >= 0.6 is 0 Å². The molecule has 0 aliphatic rings. The Bertz CT molecular complexity index is 137. The van der Waals surface area contributed by atoms with Crippen LogP contribution in [-0.2, 0) is 0 Å². The summed E-state index contributed by atoms with van der Waals surface area (Å²) in [7, 11) is 0. The number of hydrogen-bond donors (Lipinski definition) is 0. The summed E-state index contributed by atoms with van der Waals surface area (Å²) in [4.78, 5) is 0. The predicted molar refractivity (Wildman–Crippen MR) is 31.5 cm³/mol. The van der Waals surface area contributed by atoms with Crippen molar-refractivity contribution in [1.82, 2.24) is 0 Å². The first-order valence-electron chi connectivity index (χ1n) is 2.49. The zero-order valence-electron chi connectivity index (χ0n) is 5.73. The second kappa shape index (κ2) is 3.07. The summed E-state index contributed by atoms with van der Waals surface area (Å²) >= 11 is 0. The molecule has 0 bridgehead atoms. The molecule has 8 heavy (non-hydrogen) atoms. The summed E-state index contributed by atoms with van der Waals surface area (Å²) < 4.78 is 0. The second-order valence-electron chi connectivity index (χ2n) is 1.97. The van der Waals surface area contributed by atoms with Crippen molar-refractivity contribution >= 4 is 0 Å². The Balaban J connectivity index is 0.000000490. The fourth-order valence-corrected chi connectivity index (χ4v) is 0.718. The van der Waals surface area contributed by atoms with Gasteiger partial charge in [-0.1, -0.05) is 13.8 Å². The minimum absolute atomic E-state index is 0. The topological polar surface area (TPSA) is 0 Å². The van der Waals surface area contributed by atoms with E-state index in [1.807, 2.05) is 0 Å². The third kappa shape index (κ3) is 1.82. The summed E-state index contributed by atoms with van der Waals surface area (Å²) in [6, 6.07) is 6.41. The quantitative estimate of drug-likeness (QED) is 0.290. The Morgan fingerprint density at radius 1 is 1.50 bits per heavy atom. The maximum Gasteiger partial charge on any atom is 1.00 e. The molecule has 0 spiro atoms. The molecule has 0 aliphatic carbocycles. The monoisotopic (exact) mass is 100 g/mol. The SMILES string of the molecule is Cc1cc[c-](C)c1.[Li+]. The molecule has 0 unspecified atom stereocenters. The van der Waals surface area contributed by atoms with Crippen LogP contribution in [0, 0.1) is 13.8 Å². The van der Waals surface area contributed by atoms with Gasteiger partial charge in [-0.25, -0.2) is 11.6 Å². The van der Waals surface area contributed by atoms with Crippen molar-refractivity contribution in [1.29, 1.82) is 0 Å². The van der Waals surface area contributed by atoms with E-state index in [2.05, 4.69) is 32.0 Å². The third-order valence-corrected chi connectivity index (χ3v) is 1.06. The van der Waals surface area contributed by atoms with Gasteiger partial charge in [-0.3, -0.25) is 0 Å². The molecule has 0 aromatic heterocycles. The fraction of sp³-hybridized carbons (Fsp3) is 0.286. The third-order valence-electron chi connectivity index (χ3n) is 1.06. The van der Waals surface area contributed by atoms with Gasteiger partial charge in [-0.05, 0) is 0 Å². The molecule has 1 aromatic carbocycles. The molecule has 0 N–H and O–H groups in total. The van der Waals surface area contributed by atoms with Gasteiger partial charge in [0, 0.05) is 0 Å². The van der Waals surface area contributed by atoms with Crippen LogP contribution < -0.4 is 18.9 Å². The molecule has 1 heteroatoms. The molecule has 0 aliphatic heterocycles. The average molecular weight is 100 g/mol. The first-order valence-corrected chi connectivity index (χ1v) is 2.49. The normalized spacial score (nSPS) is 8.25. The van der Waals surface area contributed by atoms with Crippen LogP contribution in [0.2, 0.25) is 0 Å². The molecule has 0 nitrogen and oxygen atoms in total. The van der Waals surface area contributed by atoms with Crippen molar-refractivity contribution < 1.29 is 18.9 Å². The Morgan fingerprint density at radius 3 is 2.25 bits per heavy atom. The van der Waals surface area contributed by atoms with Gasteiger partial charge >= 0.3 is 18.9 Å². The Labute approximate surface area is 62.4 Å². The van der Waals surface area contributed by atoms with Gasteiger partial charge in [0.2, 0.25) is 0 Å². The molecular formula is C7H9Li. The molecule has 38 valence electrons. The van der Waals surface area contributed by atoms with Gasteiger partial charge in [0.05, 0.1) is 0 Å². The molecule has 0 amide bonds. The fourth-order valence-electron chi connectivity index (χ4n) is 0.718. The Morgan fingerprint density at radius 2 is 2.12 bits per heavy atom. The molecule has 0 fully saturated rings. The van der Waals surface area contributed by atoms with Crippen molar-refractivity contribution in [3.63, 3.8) is 0 Å². The minimum atomic E-state index is 0. The smallest absolute Gasteiger partial charge is 0.211 e. The molecule has 1 rings (SSSR count). The van der Waals surface area contributed by atoms with E-state index in [4.69, 9.17) is 0 Å². The number of rotatable bonds is 0. The van der Waals surface area contributed by atoms with E-state index in [9.17, 15) is 0 Å². The van der Waals surface area contributed by atoms with Crippen LogP contribution in [0.15, 0.2) is 18.2 Å². The van der Waals surface area contributed by atoms with E-state index in [1.165, 1.54) is 11.1 Å². The standard InChI is InChI=1S/C7H9.Li/c1-6-3-4-7(2)5-6;/h3-5H,1-2H3;/q-1;+1. The summed E-state index contributed by atoms with van der Waals surface area (Å²) in [5.41, 5.74) is 2.72. The van der Waals surface area contributed by atoms with Gasteiger partial charge < -0.3 is 0 Å². The Hall–Kier alpha value is -0.0526. The van der Waals surface area contributed by atoms with Gasteiger partial charge in [0.1, 0.15) is 0 Å². The molecule has 1 aromatic rings. The van der Waals surface area contributed by atoms with Crippen LogP contribution in [0.1, 0.15) is 11.1 Å². The summed E-state index contributed by atoms with van der Waals surface area (Å²) in [6.45, 7) is 4.21. The maximum atomic E-state index is 2.17. The van der Waals surface area contributed by atoms with Crippen LogP contribution in [0.5, 0.6) is 0 Å². The van der Waals surface area contributed by atoms with Crippen LogP contribution in [0.3, 0.4) is 0 Å². The molecule has 0 heterocycles. The van der Waals surface area contributed by atoms with Crippen molar-refractivity contribution in [3.8, 4) is 0 Å². The predicted octanol–water partition coefficient (Wildman–Crippen LogP) is -0.974. The number of aryl methyl sites for hydroxylation is 2. The second-order valence-corrected chi connectivity index (χ2v) is 1.97. The molecular weight excluding hydrogens is 91.0 g/mol. The van der Waals surface area contributed by atoms with Crippen molar-refractivity contribution in [2.45, 2.75) is 13.8 Å². The molecule has 0 saturated heterocycles. The zero-order chi connectivity index (χ0) is 5.28. The van der Waals surface area contributed by atoms with Crippen LogP contribution in [-0.4, -0.2) is 0 Å². The summed E-state index contributed by atoms with van der Waals surface area (Å²) in [5.74, 6) is 0. The average Bonchev–Trinajstić information content (AvgIpc) is 1.87. The van der Waals surface area contributed by atoms with Gasteiger partial charge in [0.15, 0.2) is 0 Å². The minimum Gasteiger partial charge on any atom is -0.211 e. The first kappa shape index (κ1) is 7.95. The molecule has 0 atom stereocenters. The first-order chi connectivity index (χ1) is 3.29. The van der Waals surface area contributed by atoms with E-state index >= 15 is 0 Å². The van der Waals surface area contributed by atoms with E-state index < -0.39 is 0 Å². The molecule has 0 radical (unpaired) electrons. The van der Waals surface area contributed by atoms with Crippen molar-refractivity contribution in [3.05, 3.63) is 29.3 Å². The van der Waals surface area contributed by atoms with Gasteiger partial charge in [0.25, 0.3) is 0 Å². The van der Waals surface area contributed by atoms with Crippen molar-refractivity contribution in [2.75, 3.05) is 0 Å². The summed E-state index contributed by atoms with van der Waals surface area (Å²) in [5, 5.41) is 0. The van der Waals surface area contributed by atoms with E-state index in [1.54, 1.807) is 0 Å². The van der Waals surface area contributed by atoms with Gasteiger partial charge in [-0.15, -0.1) is 0 Å². The molecule has 0 saturated carbocycles. The van der Waals surface area contributed by atoms with E-state index in [-0.39, 0.29) is 18.9 Å². The van der Waals surface area contributed by atoms with Crippen molar-refractivity contribution in [2.24, 2.45) is 0 Å². The zero-order valence-corrected chi connectivity index (χ0v) is 5.73. The summed E-state index contributed by atoms with van der Waals surface area (Å²) in [6.07, 6.45) is 0. The van der Waals surface area contributed by atoms with Crippen LogP contribution in [0.4, 0.5) is 0 Å². The van der Waals surface area contributed by atoms with Crippen LogP contribution in [0.25, 0.3) is 0 Å².